The van der Waals surface area contributed by atoms with Crippen molar-refractivity contribution in [3.8, 4) is 11.1 Å². The van der Waals surface area contributed by atoms with Crippen molar-refractivity contribution in [1.29, 1.82) is 0 Å². The summed E-state index contributed by atoms with van der Waals surface area (Å²) in [6.07, 6.45) is 2.97. The molecule has 2 aromatic carbocycles. The summed E-state index contributed by atoms with van der Waals surface area (Å²) in [4.78, 5) is 24.8. The molecular weight excluding hydrogens is 366 g/mol. The van der Waals surface area contributed by atoms with Crippen LogP contribution in [-0.4, -0.2) is 29.6 Å². The number of aromatic nitrogens is 1. The molecule has 1 aliphatic rings. The molecule has 150 valence electrons. The van der Waals surface area contributed by atoms with Crippen LogP contribution in [0.5, 0.6) is 0 Å². The van der Waals surface area contributed by atoms with Gasteiger partial charge in [0.25, 0.3) is 11.8 Å². The van der Waals surface area contributed by atoms with Gasteiger partial charge in [0, 0.05) is 18.2 Å². The number of hydrogen-bond acceptors (Lipinski definition) is 4. The Balaban J connectivity index is 1.69. The van der Waals surface area contributed by atoms with Crippen LogP contribution in [-0.2, 0) is 0 Å². The molecule has 1 aromatic heterocycles. The highest BCUT2D eigenvalue weighted by Gasteiger charge is 2.24. The molecule has 2 amide bonds. The zero-order valence-corrected chi connectivity index (χ0v) is 17.0. The van der Waals surface area contributed by atoms with Crippen molar-refractivity contribution in [2.24, 2.45) is 0 Å². The van der Waals surface area contributed by atoms with Crippen LogP contribution >= 0.6 is 0 Å². The van der Waals surface area contributed by atoms with E-state index in [0.29, 0.717) is 34.8 Å². The molecule has 0 unspecified atom stereocenters. The van der Waals surface area contributed by atoms with Crippen molar-refractivity contribution < 1.29 is 14.1 Å². The van der Waals surface area contributed by atoms with Crippen molar-refractivity contribution in [3.63, 3.8) is 0 Å². The fourth-order valence-electron chi connectivity index (χ4n) is 3.38. The van der Waals surface area contributed by atoms with Gasteiger partial charge in [-0.1, -0.05) is 18.1 Å². The van der Waals surface area contributed by atoms with Gasteiger partial charge in [0.15, 0.2) is 11.3 Å². The fourth-order valence-corrected chi connectivity index (χ4v) is 3.38. The van der Waals surface area contributed by atoms with Gasteiger partial charge in [0.2, 0.25) is 0 Å². The molecule has 4 rings (SSSR count). The summed E-state index contributed by atoms with van der Waals surface area (Å²) < 4.78 is 5.43. The van der Waals surface area contributed by atoms with E-state index in [9.17, 15) is 9.59 Å². The Morgan fingerprint density at radius 3 is 2.66 bits per heavy atom. The quantitative estimate of drug-likeness (QED) is 0.661. The van der Waals surface area contributed by atoms with Crippen LogP contribution in [0.3, 0.4) is 0 Å². The van der Waals surface area contributed by atoms with E-state index in [4.69, 9.17) is 4.52 Å². The third kappa shape index (κ3) is 3.88. The van der Waals surface area contributed by atoms with Crippen LogP contribution in [0.15, 0.2) is 34.9 Å². The Morgan fingerprint density at radius 2 is 1.93 bits per heavy atom. The lowest BCUT2D eigenvalue weighted by atomic mass is 9.93. The molecular formula is C23H25N3O3. The van der Waals surface area contributed by atoms with Gasteiger partial charge in [-0.3, -0.25) is 9.59 Å². The maximum Gasteiger partial charge on any atom is 0.274 e. The first-order chi connectivity index (χ1) is 14.0. The number of nitrogens with zero attached hydrogens (tertiary/aromatic N) is 1. The number of carbonyl (C=O) groups excluding carboxylic acids is 2. The fraction of sp³-hybridized carbons (Fsp3) is 0.348. The van der Waals surface area contributed by atoms with Crippen LogP contribution in [0, 0.1) is 13.8 Å². The minimum Gasteiger partial charge on any atom is -0.355 e. The summed E-state index contributed by atoms with van der Waals surface area (Å²) in [5.74, 6) is -0.267. The van der Waals surface area contributed by atoms with E-state index in [0.717, 1.165) is 41.5 Å². The average Bonchev–Trinajstić information content (AvgIpc) is 3.43. The molecule has 1 heterocycles. The predicted molar refractivity (Wildman–Crippen MR) is 112 cm³/mol. The third-order valence-electron chi connectivity index (χ3n) is 5.38. The normalized spacial score (nSPS) is 13.5. The van der Waals surface area contributed by atoms with E-state index in [-0.39, 0.29) is 11.8 Å². The lowest BCUT2D eigenvalue weighted by Gasteiger charge is -2.13. The van der Waals surface area contributed by atoms with Gasteiger partial charge >= 0.3 is 0 Å². The highest BCUT2D eigenvalue weighted by Crippen LogP contribution is 2.31. The van der Waals surface area contributed by atoms with Crippen molar-refractivity contribution in [3.05, 3.63) is 52.7 Å². The Bertz CT molecular complexity index is 1100. The zero-order valence-electron chi connectivity index (χ0n) is 17.0. The van der Waals surface area contributed by atoms with Crippen LogP contribution < -0.4 is 10.6 Å². The van der Waals surface area contributed by atoms with E-state index in [1.807, 2.05) is 51.1 Å². The number of carbonyl (C=O) groups is 2. The SMILES string of the molecule is CCCNC(=O)c1noc2cc(-c3cc(C(=O)NC4CC4)cc(C)c3C)ccc12. The van der Waals surface area contributed by atoms with E-state index in [1.54, 1.807) is 0 Å². The average molecular weight is 391 g/mol. The Morgan fingerprint density at radius 1 is 1.14 bits per heavy atom. The standard InChI is InChI=1S/C23H25N3O3/c1-4-9-24-23(28)21-18-8-5-15(12-20(18)29-26-21)19-11-16(10-13(2)14(19)3)22(27)25-17-6-7-17/h5,8,10-12,17H,4,6-7,9H2,1-3H3,(H,24,28)(H,25,27). The molecule has 1 aliphatic carbocycles. The third-order valence-corrected chi connectivity index (χ3v) is 5.38. The highest BCUT2D eigenvalue weighted by atomic mass is 16.5. The van der Waals surface area contributed by atoms with Gasteiger partial charge < -0.3 is 15.2 Å². The maximum atomic E-state index is 12.5. The Hall–Kier alpha value is -3.15. The van der Waals surface area contributed by atoms with Gasteiger partial charge in [0.1, 0.15) is 0 Å². The summed E-state index contributed by atoms with van der Waals surface area (Å²) >= 11 is 0. The smallest absolute Gasteiger partial charge is 0.274 e. The summed E-state index contributed by atoms with van der Waals surface area (Å²) in [5, 5.41) is 10.5. The van der Waals surface area contributed by atoms with Gasteiger partial charge in [-0.05, 0) is 79.6 Å². The summed E-state index contributed by atoms with van der Waals surface area (Å²) in [6, 6.07) is 9.85. The number of nitrogens with one attached hydrogen (secondary N) is 2. The molecule has 1 fully saturated rings. The van der Waals surface area contributed by atoms with Crippen molar-refractivity contribution in [2.75, 3.05) is 6.54 Å². The van der Waals surface area contributed by atoms with Crippen LogP contribution in [0.25, 0.3) is 22.1 Å². The number of rotatable bonds is 6. The van der Waals surface area contributed by atoms with E-state index in [1.165, 1.54) is 0 Å². The zero-order chi connectivity index (χ0) is 20.5. The lowest BCUT2D eigenvalue weighted by Crippen LogP contribution is -2.25. The Labute approximate surface area is 169 Å². The van der Waals surface area contributed by atoms with Crippen molar-refractivity contribution in [1.82, 2.24) is 15.8 Å². The van der Waals surface area contributed by atoms with E-state index in [2.05, 4.69) is 15.8 Å². The second kappa shape index (κ2) is 7.70. The number of fused-ring (bicyclic) bond motifs is 1. The van der Waals surface area contributed by atoms with Gasteiger partial charge in [-0.2, -0.15) is 0 Å². The second-order valence-electron chi connectivity index (χ2n) is 7.71. The molecule has 1 saturated carbocycles. The van der Waals surface area contributed by atoms with E-state index < -0.39 is 0 Å². The number of hydrogen-bond donors (Lipinski definition) is 2. The predicted octanol–water partition coefficient (Wildman–Crippen LogP) is 4.14. The topological polar surface area (TPSA) is 84.2 Å². The Kier molecular flexibility index (Phi) is 5.09. The number of amides is 2. The molecule has 6 heteroatoms. The summed E-state index contributed by atoms with van der Waals surface area (Å²) in [5.41, 5.74) is 5.57. The first-order valence-corrected chi connectivity index (χ1v) is 10.1. The van der Waals surface area contributed by atoms with Crippen LogP contribution in [0.4, 0.5) is 0 Å². The van der Waals surface area contributed by atoms with Gasteiger partial charge in [-0.25, -0.2) is 0 Å². The molecule has 29 heavy (non-hydrogen) atoms. The molecule has 0 bridgehead atoms. The molecule has 0 radical (unpaired) electrons. The maximum absolute atomic E-state index is 12.5. The molecule has 0 atom stereocenters. The van der Waals surface area contributed by atoms with Crippen LogP contribution in [0.1, 0.15) is 58.2 Å². The molecule has 0 aliphatic heterocycles. The van der Waals surface area contributed by atoms with E-state index >= 15 is 0 Å². The molecule has 6 nitrogen and oxygen atoms in total. The number of benzene rings is 2. The first kappa shape index (κ1) is 19.2. The molecule has 2 N–H and O–H groups in total. The first-order valence-electron chi connectivity index (χ1n) is 10.1. The van der Waals surface area contributed by atoms with Gasteiger partial charge in [0.05, 0.1) is 5.39 Å². The van der Waals surface area contributed by atoms with Crippen LogP contribution in [0.2, 0.25) is 0 Å². The largest absolute Gasteiger partial charge is 0.355 e. The molecule has 3 aromatic rings. The van der Waals surface area contributed by atoms with Gasteiger partial charge in [-0.15, -0.1) is 0 Å². The second-order valence-corrected chi connectivity index (χ2v) is 7.71. The van der Waals surface area contributed by atoms with Crippen molar-refractivity contribution in [2.45, 2.75) is 46.1 Å². The summed E-state index contributed by atoms with van der Waals surface area (Å²) in [6.45, 7) is 6.65. The molecule has 0 spiro atoms. The number of aryl methyl sites for hydroxylation is 1. The van der Waals surface area contributed by atoms with Crippen molar-refractivity contribution >= 4 is 22.8 Å². The minimum atomic E-state index is -0.232. The minimum absolute atomic E-state index is 0.0347. The monoisotopic (exact) mass is 391 g/mol. The summed E-state index contributed by atoms with van der Waals surface area (Å²) in [7, 11) is 0. The molecule has 0 saturated heterocycles. The highest BCUT2D eigenvalue weighted by molar-refractivity contribution is 6.05. The lowest BCUT2D eigenvalue weighted by molar-refractivity contribution is 0.0940.